The Morgan fingerprint density at radius 2 is 1.71 bits per heavy atom. The van der Waals surface area contributed by atoms with E-state index in [-0.39, 0.29) is 46.7 Å². The molecule has 0 spiro atoms. The molecule has 0 unspecified atom stereocenters. The van der Waals surface area contributed by atoms with Gasteiger partial charge in [-0.1, -0.05) is 12.1 Å². The van der Waals surface area contributed by atoms with Gasteiger partial charge in [-0.15, -0.1) is 0 Å². The maximum atomic E-state index is 13.9. The predicted octanol–water partition coefficient (Wildman–Crippen LogP) is 5.33. The van der Waals surface area contributed by atoms with Gasteiger partial charge in [-0.2, -0.15) is 5.10 Å². The summed E-state index contributed by atoms with van der Waals surface area (Å²) in [6, 6.07) is 7.69. The number of benzene rings is 2. The van der Waals surface area contributed by atoms with Gasteiger partial charge in [0.05, 0.1) is 29.9 Å². The SMILES string of the molecule is CC(=O)C1CCC(n2ncc(C(=O)N(CC(=O)c3c(C)cccc3O)Cc3cc(F)cc(F)c3)c2C)CC1. The first-order valence-corrected chi connectivity index (χ1v) is 12.7. The third-order valence-corrected chi connectivity index (χ3v) is 7.34. The molecule has 9 heteroatoms. The molecular weight excluding hydrogens is 492 g/mol. The van der Waals surface area contributed by atoms with Gasteiger partial charge in [0.15, 0.2) is 5.78 Å². The van der Waals surface area contributed by atoms with Crippen LogP contribution in [0.1, 0.15) is 76.2 Å². The smallest absolute Gasteiger partial charge is 0.258 e. The average molecular weight is 524 g/mol. The molecule has 4 rings (SSSR count). The van der Waals surface area contributed by atoms with Crippen molar-refractivity contribution in [1.82, 2.24) is 14.7 Å². The van der Waals surface area contributed by atoms with Crippen molar-refractivity contribution in [2.24, 2.45) is 5.92 Å². The first-order valence-electron chi connectivity index (χ1n) is 12.7. The van der Waals surface area contributed by atoms with Crippen LogP contribution < -0.4 is 0 Å². The number of phenols is 1. The fourth-order valence-corrected chi connectivity index (χ4v) is 5.29. The molecule has 0 radical (unpaired) electrons. The number of hydrogen-bond donors (Lipinski definition) is 1. The molecule has 38 heavy (non-hydrogen) atoms. The van der Waals surface area contributed by atoms with Crippen molar-refractivity contribution >= 4 is 17.5 Å². The van der Waals surface area contributed by atoms with E-state index in [0.717, 1.165) is 43.9 Å². The Kier molecular flexibility index (Phi) is 8.04. The molecule has 3 aromatic rings. The van der Waals surface area contributed by atoms with Gasteiger partial charge < -0.3 is 10.0 Å². The van der Waals surface area contributed by atoms with Crippen molar-refractivity contribution in [1.29, 1.82) is 0 Å². The summed E-state index contributed by atoms with van der Waals surface area (Å²) < 4.78 is 29.6. The molecule has 1 aliphatic carbocycles. The number of aromatic nitrogens is 2. The topological polar surface area (TPSA) is 92.5 Å². The zero-order valence-corrected chi connectivity index (χ0v) is 21.7. The Labute approximate surface area is 220 Å². The van der Waals surface area contributed by atoms with Crippen LogP contribution >= 0.6 is 0 Å². The third-order valence-electron chi connectivity index (χ3n) is 7.34. The van der Waals surface area contributed by atoms with Crippen LogP contribution in [-0.4, -0.2) is 43.8 Å². The fraction of sp³-hybridized carbons (Fsp3) is 0.379. The summed E-state index contributed by atoms with van der Waals surface area (Å²) in [4.78, 5) is 39.9. The molecule has 0 aliphatic heterocycles. The number of halogens is 2. The van der Waals surface area contributed by atoms with Crippen molar-refractivity contribution < 1.29 is 28.3 Å². The Morgan fingerprint density at radius 3 is 2.32 bits per heavy atom. The van der Waals surface area contributed by atoms with Crippen molar-refractivity contribution in [3.05, 3.63) is 82.2 Å². The zero-order chi connectivity index (χ0) is 27.6. The van der Waals surface area contributed by atoms with E-state index in [1.165, 1.54) is 17.2 Å². The zero-order valence-electron chi connectivity index (χ0n) is 21.7. The van der Waals surface area contributed by atoms with E-state index in [1.807, 2.05) is 0 Å². The van der Waals surface area contributed by atoms with Crippen LogP contribution in [0.2, 0.25) is 0 Å². The minimum atomic E-state index is -0.791. The van der Waals surface area contributed by atoms with Gasteiger partial charge in [0.1, 0.15) is 23.2 Å². The van der Waals surface area contributed by atoms with E-state index >= 15 is 0 Å². The van der Waals surface area contributed by atoms with Crippen molar-refractivity contribution in [3.63, 3.8) is 0 Å². The van der Waals surface area contributed by atoms with Gasteiger partial charge >= 0.3 is 0 Å². The molecule has 1 aromatic heterocycles. The Morgan fingerprint density at radius 1 is 1.05 bits per heavy atom. The molecule has 1 N–H and O–H groups in total. The van der Waals surface area contributed by atoms with Gasteiger partial charge in [0.2, 0.25) is 0 Å². The Balaban J connectivity index is 1.62. The minimum absolute atomic E-state index is 0.0449. The number of Topliss-reactive ketones (excluding diaryl/α,β-unsaturated/α-hetero) is 2. The summed E-state index contributed by atoms with van der Waals surface area (Å²) in [5, 5.41) is 14.7. The average Bonchev–Trinajstić information content (AvgIpc) is 3.23. The number of aromatic hydroxyl groups is 1. The van der Waals surface area contributed by atoms with Crippen LogP contribution in [-0.2, 0) is 11.3 Å². The second kappa shape index (κ2) is 11.2. The lowest BCUT2D eigenvalue weighted by Gasteiger charge is -2.28. The van der Waals surface area contributed by atoms with Crippen molar-refractivity contribution in [3.8, 4) is 5.75 Å². The monoisotopic (exact) mass is 523 g/mol. The van der Waals surface area contributed by atoms with Gasteiger partial charge in [0, 0.05) is 24.2 Å². The highest BCUT2D eigenvalue weighted by molar-refractivity contribution is 6.04. The summed E-state index contributed by atoms with van der Waals surface area (Å²) in [5.41, 5.74) is 1.71. The largest absolute Gasteiger partial charge is 0.507 e. The fourth-order valence-electron chi connectivity index (χ4n) is 5.29. The highest BCUT2D eigenvalue weighted by atomic mass is 19.1. The number of amides is 1. The number of nitrogens with zero attached hydrogens (tertiary/aromatic N) is 3. The molecule has 0 atom stereocenters. The van der Waals surface area contributed by atoms with E-state index in [9.17, 15) is 28.3 Å². The maximum absolute atomic E-state index is 13.9. The number of phenolic OH excluding ortho intramolecular Hbond substituents is 1. The van der Waals surface area contributed by atoms with Gasteiger partial charge in [0.25, 0.3) is 5.91 Å². The van der Waals surface area contributed by atoms with Crippen LogP contribution in [0.4, 0.5) is 8.78 Å². The molecule has 1 aliphatic rings. The Hall–Kier alpha value is -3.88. The van der Waals surface area contributed by atoms with E-state index in [1.54, 1.807) is 37.6 Å². The number of carbonyl (C=O) groups is 3. The number of carbonyl (C=O) groups excluding carboxylic acids is 3. The predicted molar refractivity (Wildman–Crippen MR) is 137 cm³/mol. The van der Waals surface area contributed by atoms with Gasteiger partial charge in [-0.3, -0.25) is 19.1 Å². The minimum Gasteiger partial charge on any atom is -0.507 e. The number of rotatable bonds is 8. The first-order chi connectivity index (χ1) is 18.0. The standard InChI is InChI=1S/C29H31F2N3O4/c1-17-5-4-6-26(36)28(17)27(37)16-33(15-20-11-22(30)13-23(31)12-20)29(38)25-14-32-34(18(25)2)24-9-7-21(8-10-24)19(3)35/h4-6,11-14,21,24,36H,7-10,15-16H2,1-3H3. The van der Waals surface area contributed by atoms with Crippen LogP contribution in [0.5, 0.6) is 5.75 Å². The van der Waals surface area contributed by atoms with Crippen LogP contribution in [0, 0.1) is 31.4 Å². The molecule has 1 fully saturated rings. The lowest BCUT2D eigenvalue weighted by atomic mass is 9.84. The quantitative estimate of drug-likeness (QED) is 0.403. The summed E-state index contributed by atoms with van der Waals surface area (Å²) in [7, 11) is 0. The van der Waals surface area contributed by atoms with E-state index in [4.69, 9.17) is 0 Å². The lowest BCUT2D eigenvalue weighted by molar-refractivity contribution is -0.121. The van der Waals surface area contributed by atoms with Crippen LogP contribution in [0.15, 0.2) is 42.6 Å². The first kappa shape index (κ1) is 27.2. The summed E-state index contributed by atoms with van der Waals surface area (Å²) in [6.07, 6.45) is 4.49. The van der Waals surface area contributed by atoms with Crippen molar-refractivity contribution in [2.45, 2.75) is 59.0 Å². The molecule has 0 saturated heterocycles. The van der Waals surface area contributed by atoms with Crippen LogP contribution in [0.3, 0.4) is 0 Å². The van der Waals surface area contributed by atoms with Gasteiger partial charge in [-0.25, -0.2) is 8.78 Å². The maximum Gasteiger partial charge on any atom is 0.258 e. The number of aryl methyl sites for hydroxylation is 1. The summed E-state index contributed by atoms with van der Waals surface area (Å²) in [6.45, 7) is 4.42. The van der Waals surface area contributed by atoms with E-state index in [2.05, 4.69) is 5.10 Å². The lowest BCUT2D eigenvalue weighted by Crippen LogP contribution is -2.36. The second-order valence-electron chi connectivity index (χ2n) is 10.0. The number of hydrogen-bond acceptors (Lipinski definition) is 5. The molecule has 2 aromatic carbocycles. The van der Waals surface area contributed by atoms with Crippen molar-refractivity contribution in [2.75, 3.05) is 6.54 Å². The molecule has 200 valence electrons. The van der Waals surface area contributed by atoms with Gasteiger partial charge in [-0.05, 0) is 75.8 Å². The molecule has 1 amide bonds. The van der Waals surface area contributed by atoms with E-state index < -0.39 is 29.9 Å². The molecule has 0 bridgehead atoms. The highest BCUT2D eigenvalue weighted by Gasteiger charge is 2.30. The van der Waals surface area contributed by atoms with Crippen LogP contribution in [0.25, 0.3) is 0 Å². The second-order valence-corrected chi connectivity index (χ2v) is 10.0. The highest BCUT2D eigenvalue weighted by Crippen LogP contribution is 2.33. The number of ketones is 2. The molecule has 7 nitrogen and oxygen atoms in total. The third kappa shape index (κ3) is 5.82. The normalized spacial score (nSPS) is 17.3. The summed E-state index contributed by atoms with van der Waals surface area (Å²) in [5.74, 6) is -2.57. The molecule has 1 saturated carbocycles. The summed E-state index contributed by atoms with van der Waals surface area (Å²) >= 11 is 0. The Bertz CT molecular complexity index is 1340. The van der Waals surface area contributed by atoms with E-state index in [0.29, 0.717) is 11.3 Å². The molecular formula is C29H31F2N3O4. The molecule has 1 heterocycles.